The molecule has 0 saturated carbocycles. The first-order valence-electron chi connectivity index (χ1n) is 8.40. The minimum Gasteiger partial charge on any atom is -0.443 e. The lowest BCUT2D eigenvalue weighted by Gasteiger charge is -2.13. The Kier molecular flexibility index (Phi) is 5.29. The number of ether oxygens (including phenoxy) is 1. The Balaban J connectivity index is 1.58. The molecule has 0 radical (unpaired) electrons. The molecule has 1 amide bonds. The van der Waals surface area contributed by atoms with Gasteiger partial charge in [-0.1, -0.05) is 47.5 Å². The highest BCUT2D eigenvalue weighted by Gasteiger charge is 2.32. The Morgan fingerprint density at radius 3 is 2.54 bits per heavy atom. The van der Waals surface area contributed by atoms with E-state index in [0.717, 1.165) is 22.4 Å². The molecule has 0 aliphatic carbocycles. The summed E-state index contributed by atoms with van der Waals surface area (Å²) in [5.74, 6) is -0.100. The van der Waals surface area contributed by atoms with Gasteiger partial charge in [0, 0.05) is 12.2 Å². The van der Waals surface area contributed by atoms with E-state index in [1.165, 1.54) is 4.90 Å². The largest absolute Gasteiger partial charge is 0.443 e. The zero-order valence-corrected chi connectivity index (χ0v) is 15.6. The van der Waals surface area contributed by atoms with Gasteiger partial charge in [-0.25, -0.2) is 17.9 Å². The number of hydrogen-bond donors (Lipinski definition) is 1. The molecule has 3 rings (SSSR count). The molecule has 138 valence electrons. The summed E-state index contributed by atoms with van der Waals surface area (Å²) in [4.78, 5) is 13.6. The highest BCUT2D eigenvalue weighted by Crippen LogP contribution is 2.22. The Morgan fingerprint density at radius 1 is 1.12 bits per heavy atom. The van der Waals surface area contributed by atoms with Crippen LogP contribution in [0.15, 0.2) is 48.5 Å². The lowest BCUT2D eigenvalue weighted by molar-refractivity contribution is 0.143. The van der Waals surface area contributed by atoms with Crippen LogP contribution in [-0.2, 0) is 20.5 Å². The standard InChI is InChI=1S/C19H22N2O4S/c1-14-6-8-17(9-7-14)21-12-18(25-19(21)22)11-20-26(23,24)13-16-5-3-4-15(2)10-16/h3-10,18,20H,11-13H2,1-2H3. The van der Waals surface area contributed by atoms with Crippen molar-refractivity contribution in [3.05, 3.63) is 65.2 Å². The number of rotatable bonds is 6. The van der Waals surface area contributed by atoms with E-state index in [1.54, 1.807) is 6.07 Å². The number of cyclic esters (lactones) is 1. The zero-order valence-electron chi connectivity index (χ0n) is 14.8. The zero-order chi connectivity index (χ0) is 18.7. The Morgan fingerprint density at radius 2 is 1.85 bits per heavy atom. The highest BCUT2D eigenvalue weighted by molar-refractivity contribution is 7.88. The Hall–Kier alpha value is -2.38. The van der Waals surface area contributed by atoms with Crippen molar-refractivity contribution in [1.29, 1.82) is 0 Å². The van der Waals surface area contributed by atoms with Gasteiger partial charge in [-0.2, -0.15) is 0 Å². The molecule has 0 bridgehead atoms. The maximum Gasteiger partial charge on any atom is 0.414 e. The van der Waals surface area contributed by atoms with E-state index in [9.17, 15) is 13.2 Å². The second-order valence-electron chi connectivity index (χ2n) is 6.55. The minimum absolute atomic E-state index is 0.0578. The smallest absolute Gasteiger partial charge is 0.414 e. The molecule has 1 aliphatic heterocycles. The molecule has 7 heteroatoms. The third-order valence-electron chi connectivity index (χ3n) is 4.19. The molecule has 2 aromatic carbocycles. The fraction of sp³-hybridized carbons (Fsp3) is 0.316. The number of nitrogens with one attached hydrogen (secondary N) is 1. The van der Waals surface area contributed by atoms with Gasteiger partial charge in [0.1, 0.15) is 6.10 Å². The van der Waals surface area contributed by atoms with Crippen molar-refractivity contribution in [3.63, 3.8) is 0 Å². The maximum atomic E-state index is 12.3. The van der Waals surface area contributed by atoms with E-state index in [-0.39, 0.29) is 12.3 Å². The second-order valence-corrected chi connectivity index (χ2v) is 8.36. The summed E-state index contributed by atoms with van der Waals surface area (Å²) in [6.07, 6.45) is -0.979. The highest BCUT2D eigenvalue weighted by atomic mass is 32.2. The lowest BCUT2D eigenvalue weighted by Crippen LogP contribution is -2.35. The van der Waals surface area contributed by atoms with Crippen molar-refractivity contribution in [1.82, 2.24) is 4.72 Å². The molecule has 1 heterocycles. The SMILES string of the molecule is Cc1ccc(N2CC(CNS(=O)(=O)Cc3cccc(C)c3)OC2=O)cc1. The summed E-state index contributed by atoms with van der Waals surface area (Å²) in [7, 11) is -3.50. The van der Waals surface area contributed by atoms with Gasteiger partial charge in [0.15, 0.2) is 0 Å². The second kappa shape index (κ2) is 7.47. The van der Waals surface area contributed by atoms with Crippen LogP contribution in [0.1, 0.15) is 16.7 Å². The molecule has 0 spiro atoms. The van der Waals surface area contributed by atoms with Crippen LogP contribution in [0.2, 0.25) is 0 Å². The van der Waals surface area contributed by atoms with Gasteiger partial charge in [-0.15, -0.1) is 0 Å². The van der Waals surface area contributed by atoms with E-state index in [1.807, 2.05) is 56.3 Å². The number of sulfonamides is 1. The number of carbonyl (C=O) groups is 1. The summed E-state index contributed by atoms with van der Waals surface area (Å²) >= 11 is 0. The molecular formula is C19H22N2O4S. The molecule has 0 aromatic heterocycles. The maximum absolute atomic E-state index is 12.3. The molecule has 1 saturated heterocycles. The fourth-order valence-corrected chi connectivity index (χ4v) is 4.02. The molecule has 1 aliphatic rings. The van der Waals surface area contributed by atoms with Crippen LogP contribution in [0.4, 0.5) is 10.5 Å². The van der Waals surface area contributed by atoms with Crippen LogP contribution in [0.3, 0.4) is 0 Å². The average Bonchev–Trinajstić information content (AvgIpc) is 2.94. The van der Waals surface area contributed by atoms with E-state index < -0.39 is 22.2 Å². The van der Waals surface area contributed by atoms with Crippen LogP contribution in [0.5, 0.6) is 0 Å². The molecule has 2 aromatic rings. The minimum atomic E-state index is -3.50. The van der Waals surface area contributed by atoms with Crippen molar-refractivity contribution in [2.75, 3.05) is 18.0 Å². The normalized spacial score (nSPS) is 17.4. The van der Waals surface area contributed by atoms with Gasteiger partial charge in [0.25, 0.3) is 0 Å². The summed E-state index contributed by atoms with van der Waals surface area (Å²) < 4.78 is 32.4. The number of hydrogen-bond acceptors (Lipinski definition) is 4. The summed E-state index contributed by atoms with van der Waals surface area (Å²) in [5.41, 5.74) is 3.57. The monoisotopic (exact) mass is 374 g/mol. The first-order valence-corrected chi connectivity index (χ1v) is 10.1. The molecular weight excluding hydrogens is 352 g/mol. The van der Waals surface area contributed by atoms with Gasteiger partial charge in [-0.3, -0.25) is 4.90 Å². The van der Waals surface area contributed by atoms with E-state index in [2.05, 4.69) is 4.72 Å². The van der Waals surface area contributed by atoms with Gasteiger partial charge >= 0.3 is 6.09 Å². The average molecular weight is 374 g/mol. The number of nitrogens with zero attached hydrogens (tertiary/aromatic N) is 1. The summed E-state index contributed by atoms with van der Waals surface area (Å²) in [6.45, 7) is 4.26. The van der Waals surface area contributed by atoms with Gasteiger partial charge in [0.05, 0.1) is 12.3 Å². The lowest BCUT2D eigenvalue weighted by atomic mass is 10.2. The first kappa shape index (κ1) is 18.4. The van der Waals surface area contributed by atoms with Crippen LogP contribution in [0.25, 0.3) is 0 Å². The number of anilines is 1. The van der Waals surface area contributed by atoms with E-state index in [4.69, 9.17) is 4.74 Å². The molecule has 1 unspecified atom stereocenters. The number of carbonyl (C=O) groups excluding carboxylic acids is 1. The summed E-state index contributed by atoms with van der Waals surface area (Å²) in [6, 6.07) is 14.9. The van der Waals surface area contributed by atoms with Crippen molar-refractivity contribution < 1.29 is 17.9 Å². The van der Waals surface area contributed by atoms with Crippen molar-refractivity contribution in [2.45, 2.75) is 25.7 Å². The van der Waals surface area contributed by atoms with Gasteiger partial charge in [0.2, 0.25) is 10.0 Å². The van der Waals surface area contributed by atoms with Crippen LogP contribution in [0, 0.1) is 13.8 Å². The number of amides is 1. The Labute approximate surface area is 153 Å². The molecule has 1 atom stereocenters. The summed E-state index contributed by atoms with van der Waals surface area (Å²) in [5, 5.41) is 0. The molecule has 1 fully saturated rings. The number of aryl methyl sites for hydroxylation is 2. The fourth-order valence-electron chi connectivity index (χ4n) is 2.86. The van der Waals surface area contributed by atoms with Gasteiger partial charge < -0.3 is 4.74 Å². The van der Waals surface area contributed by atoms with Crippen molar-refractivity contribution in [3.8, 4) is 0 Å². The van der Waals surface area contributed by atoms with Crippen molar-refractivity contribution >= 4 is 21.8 Å². The van der Waals surface area contributed by atoms with Crippen LogP contribution in [-0.4, -0.2) is 33.7 Å². The number of benzene rings is 2. The van der Waals surface area contributed by atoms with Crippen LogP contribution < -0.4 is 9.62 Å². The molecule has 1 N–H and O–H groups in total. The van der Waals surface area contributed by atoms with Crippen molar-refractivity contribution in [2.24, 2.45) is 0 Å². The van der Waals surface area contributed by atoms with Crippen LogP contribution >= 0.6 is 0 Å². The Bertz CT molecular complexity index is 894. The first-order chi connectivity index (χ1) is 12.3. The predicted molar refractivity (Wildman–Crippen MR) is 101 cm³/mol. The quantitative estimate of drug-likeness (QED) is 0.844. The topological polar surface area (TPSA) is 75.7 Å². The predicted octanol–water partition coefficient (Wildman–Crippen LogP) is 2.75. The molecule has 6 nitrogen and oxygen atoms in total. The third kappa shape index (κ3) is 4.62. The van der Waals surface area contributed by atoms with E-state index in [0.29, 0.717) is 6.54 Å². The third-order valence-corrected chi connectivity index (χ3v) is 5.51. The van der Waals surface area contributed by atoms with E-state index >= 15 is 0 Å². The molecule has 26 heavy (non-hydrogen) atoms. The van der Waals surface area contributed by atoms with Gasteiger partial charge in [-0.05, 0) is 31.5 Å².